The van der Waals surface area contributed by atoms with Crippen LogP contribution < -0.4 is 0 Å². The van der Waals surface area contributed by atoms with Crippen molar-refractivity contribution >= 4 is 65.8 Å². The molecule has 8 aromatic rings. The quantitative estimate of drug-likeness (QED) is 0.110. The maximum Gasteiger partial charge on any atom is 0.155 e. The maximum absolute atomic E-state index is 10.0. The van der Waals surface area contributed by atoms with E-state index < -0.39 is 0 Å². The molecule has 6 heteroatoms. The van der Waals surface area contributed by atoms with E-state index in [1.54, 1.807) is 0 Å². The Balaban J connectivity index is 0.000000384. The zero-order chi connectivity index (χ0) is 30.7. The number of ketones is 1. The van der Waals surface area contributed by atoms with Crippen molar-refractivity contribution in [2.24, 2.45) is 5.92 Å². The van der Waals surface area contributed by atoms with Gasteiger partial charge in [0.15, 0.2) is 5.78 Å². The second kappa shape index (κ2) is 12.0. The number of carbonyl (C=O) groups excluding carboxylic acids is 1. The first kappa shape index (κ1) is 30.2. The van der Waals surface area contributed by atoms with Crippen LogP contribution in [0.5, 0.6) is 0 Å². The minimum atomic E-state index is -0.125. The second-order valence-electron chi connectivity index (χ2n) is 12.4. The fourth-order valence-corrected chi connectivity index (χ4v) is 7.41. The third-order valence-corrected chi connectivity index (χ3v) is 9.25. The molecule has 0 spiro atoms. The molecule has 4 aromatic heterocycles. The van der Waals surface area contributed by atoms with Crippen LogP contribution >= 0.6 is 0 Å². The Morgan fingerprint density at radius 2 is 1.70 bits per heavy atom. The summed E-state index contributed by atoms with van der Waals surface area (Å²) >= 11 is 0. The Morgan fingerprint density at radius 1 is 0.935 bits per heavy atom. The number of nitrogens with zero attached hydrogens (tertiary/aromatic N) is 2. The second-order valence-corrected chi connectivity index (χ2v) is 12.4. The van der Waals surface area contributed by atoms with Gasteiger partial charge in [0.2, 0.25) is 0 Å². The number of aromatic nitrogens is 2. The van der Waals surface area contributed by atoms with Gasteiger partial charge in [0.05, 0.1) is 11.3 Å². The molecule has 231 valence electrons. The summed E-state index contributed by atoms with van der Waals surface area (Å²) in [7, 11) is 0. The van der Waals surface area contributed by atoms with Crippen molar-refractivity contribution in [1.82, 2.24) is 9.38 Å². The molecule has 0 aliphatic heterocycles. The fourth-order valence-electron chi connectivity index (χ4n) is 7.41. The molecule has 1 aliphatic carbocycles. The number of para-hydroxylation sites is 2. The molecule has 0 bridgehead atoms. The predicted octanol–water partition coefficient (Wildman–Crippen LogP) is 10.4. The fraction of sp³-hybridized carbons (Fsp3) is 0.200. The number of pyridine rings is 1. The van der Waals surface area contributed by atoms with Crippen LogP contribution in [0.2, 0.25) is 0 Å². The van der Waals surface area contributed by atoms with E-state index in [0.717, 1.165) is 45.7 Å². The number of hydrogen-bond acceptors (Lipinski definition) is 4. The van der Waals surface area contributed by atoms with E-state index in [9.17, 15) is 4.79 Å². The molecule has 0 saturated heterocycles. The average Bonchev–Trinajstić information content (AvgIpc) is 3.81. The van der Waals surface area contributed by atoms with Gasteiger partial charge in [0.1, 0.15) is 11.2 Å². The van der Waals surface area contributed by atoms with Crippen LogP contribution in [0, 0.1) is 12.0 Å². The Morgan fingerprint density at radius 3 is 2.46 bits per heavy atom. The number of rotatable bonds is 4. The number of aliphatic hydroxyl groups excluding tert-OH is 1. The molecule has 1 aliphatic rings. The van der Waals surface area contributed by atoms with Crippen molar-refractivity contribution in [1.29, 1.82) is 0 Å². The minimum absolute atomic E-state index is 0. The topological polar surface area (TPSA) is 67.7 Å². The van der Waals surface area contributed by atoms with E-state index in [-0.39, 0.29) is 31.6 Å². The summed E-state index contributed by atoms with van der Waals surface area (Å²) in [6.45, 7) is 2.85. The monoisotopic (exact) mass is 782 g/mol. The molecule has 0 amide bonds. The summed E-state index contributed by atoms with van der Waals surface area (Å²) in [6.07, 6.45) is 9.74. The number of benzene rings is 4. The van der Waals surface area contributed by atoms with Crippen LogP contribution in [0.4, 0.5) is 0 Å². The van der Waals surface area contributed by atoms with Crippen LogP contribution in [0.1, 0.15) is 45.1 Å². The van der Waals surface area contributed by atoms with Gasteiger partial charge in [0.25, 0.3) is 0 Å². The first-order valence-electron chi connectivity index (χ1n) is 15.7. The molecule has 4 heterocycles. The molecule has 5 nitrogen and oxygen atoms in total. The SMILES string of the molecule is CC(=O)/C=C(/C)O.[Ir].[c-]1cc2c(cc1-c1cc(CC3CCCC3)ccn1)c1c3oc4ccccc4c3cc3c4ccccc4n2c31. The zero-order valence-electron chi connectivity index (χ0n) is 25.8. The Hall–Kier alpha value is -4.51. The number of fused-ring (bicyclic) bond motifs is 10. The molecule has 1 fully saturated rings. The summed E-state index contributed by atoms with van der Waals surface area (Å²) in [5.41, 5.74) is 8.91. The van der Waals surface area contributed by atoms with Gasteiger partial charge in [0, 0.05) is 64.8 Å². The van der Waals surface area contributed by atoms with Gasteiger partial charge in [-0.25, -0.2) is 0 Å². The van der Waals surface area contributed by atoms with Crippen LogP contribution in [0.25, 0.3) is 71.3 Å². The van der Waals surface area contributed by atoms with Crippen molar-refractivity contribution in [2.75, 3.05) is 0 Å². The Labute approximate surface area is 280 Å². The Bertz CT molecular complexity index is 2420. The molecule has 0 atom stereocenters. The van der Waals surface area contributed by atoms with Crippen molar-refractivity contribution < 1.29 is 34.4 Å². The van der Waals surface area contributed by atoms with Crippen molar-refractivity contribution in [3.63, 3.8) is 0 Å². The van der Waals surface area contributed by atoms with Gasteiger partial charge in [-0.15, -0.1) is 23.8 Å². The number of hydrogen-bond donors (Lipinski definition) is 1. The molecule has 9 rings (SSSR count). The largest absolute Gasteiger partial charge is 0.512 e. The molecule has 1 saturated carbocycles. The zero-order valence-corrected chi connectivity index (χ0v) is 28.2. The molecule has 46 heavy (non-hydrogen) atoms. The van der Waals surface area contributed by atoms with Gasteiger partial charge in [-0.3, -0.25) is 4.79 Å². The minimum Gasteiger partial charge on any atom is -0.512 e. The third kappa shape index (κ3) is 5.06. The van der Waals surface area contributed by atoms with Gasteiger partial charge in [-0.05, 0) is 61.7 Å². The maximum atomic E-state index is 10.0. The third-order valence-electron chi connectivity index (χ3n) is 9.25. The summed E-state index contributed by atoms with van der Waals surface area (Å²) in [4.78, 5) is 14.8. The number of furan rings is 1. The Kier molecular flexibility index (Phi) is 7.88. The normalized spacial score (nSPS) is 14.1. The van der Waals surface area contributed by atoms with E-state index >= 15 is 0 Å². The molecule has 1 N–H and O–H groups in total. The number of allylic oxidation sites excluding steroid dienone is 2. The van der Waals surface area contributed by atoms with Gasteiger partial charge < -0.3 is 18.9 Å². The van der Waals surface area contributed by atoms with E-state index in [0.29, 0.717) is 0 Å². The van der Waals surface area contributed by atoms with E-state index in [2.05, 4.69) is 83.3 Å². The summed E-state index contributed by atoms with van der Waals surface area (Å²) < 4.78 is 8.96. The van der Waals surface area contributed by atoms with Gasteiger partial charge in [-0.2, -0.15) is 0 Å². The molecule has 4 aromatic carbocycles. The van der Waals surface area contributed by atoms with Gasteiger partial charge in [-0.1, -0.05) is 79.1 Å². The van der Waals surface area contributed by atoms with Crippen LogP contribution in [-0.2, 0) is 31.3 Å². The average molecular weight is 782 g/mol. The predicted molar refractivity (Wildman–Crippen MR) is 183 cm³/mol. The standard InChI is InChI=1S/C35H25N2O.C5H8O2.Ir/c1-2-8-21(7-1)17-22-15-16-36-29(18-22)23-13-14-31-28(19-23)33-34-26(24-9-3-5-11-30(24)37(31)34)20-27-25-10-4-6-12-32(25)38-35(27)33;1-4(6)3-5(2)7;/h3-6,9-12,14-16,18-21H,1-2,7-8,17H2;3,6H,1-2H3;/q-1;;/b;4-3-;. The van der Waals surface area contributed by atoms with Gasteiger partial charge >= 0.3 is 0 Å². The van der Waals surface area contributed by atoms with Crippen molar-refractivity contribution in [3.8, 4) is 11.3 Å². The number of carbonyl (C=O) groups is 1. The molecular formula is C40H33IrN2O3-. The van der Waals surface area contributed by atoms with E-state index in [1.807, 2.05) is 12.3 Å². The summed E-state index contributed by atoms with van der Waals surface area (Å²) in [6, 6.07) is 31.9. The number of aliphatic hydroxyl groups is 1. The van der Waals surface area contributed by atoms with E-state index in [4.69, 9.17) is 14.5 Å². The van der Waals surface area contributed by atoms with Crippen molar-refractivity contribution in [2.45, 2.75) is 46.0 Å². The summed E-state index contributed by atoms with van der Waals surface area (Å²) in [5.74, 6) is 0.750. The van der Waals surface area contributed by atoms with Crippen LogP contribution in [0.3, 0.4) is 0 Å². The van der Waals surface area contributed by atoms with Crippen LogP contribution in [0.15, 0.2) is 101 Å². The molecule has 0 unspecified atom stereocenters. The smallest absolute Gasteiger partial charge is 0.155 e. The molecular weight excluding hydrogens is 749 g/mol. The molecule has 1 radical (unpaired) electrons. The van der Waals surface area contributed by atoms with E-state index in [1.165, 1.54) is 89.1 Å². The van der Waals surface area contributed by atoms with Crippen LogP contribution in [-0.4, -0.2) is 20.3 Å². The first-order chi connectivity index (χ1) is 22.0. The summed E-state index contributed by atoms with van der Waals surface area (Å²) in [5, 5.41) is 15.6. The van der Waals surface area contributed by atoms with Crippen molar-refractivity contribution in [3.05, 3.63) is 109 Å². The first-order valence-corrected chi connectivity index (χ1v) is 15.7.